The second-order valence-corrected chi connectivity index (χ2v) is 6.55. The Balaban J connectivity index is 0.00000192. The van der Waals surface area contributed by atoms with Gasteiger partial charge in [-0.1, -0.05) is 48.2 Å². The summed E-state index contributed by atoms with van der Waals surface area (Å²) < 4.78 is 0. The number of halogens is 1. The molecule has 0 spiro atoms. The van der Waals surface area contributed by atoms with Crippen LogP contribution in [0.25, 0.3) is 0 Å². The molecule has 1 atom stereocenters. The average molecular weight is 349 g/mol. The third-order valence-corrected chi connectivity index (χ3v) is 4.95. The normalized spacial score (nSPS) is 16.6. The third-order valence-electron chi connectivity index (χ3n) is 3.83. The van der Waals surface area contributed by atoms with Crippen LogP contribution in [0.15, 0.2) is 64.4 Å². The highest BCUT2D eigenvalue weighted by Crippen LogP contribution is 2.30. The Morgan fingerprint density at radius 2 is 1.87 bits per heavy atom. The Morgan fingerprint density at radius 1 is 1.13 bits per heavy atom. The van der Waals surface area contributed by atoms with E-state index in [2.05, 4.69) is 34.9 Å². The highest BCUT2D eigenvalue weighted by molar-refractivity contribution is 7.99. The summed E-state index contributed by atoms with van der Waals surface area (Å²) in [7, 11) is 0. The quantitative estimate of drug-likeness (QED) is 0.869. The van der Waals surface area contributed by atoms with Crippen molar-refractivity contribution in [3.05, 3.63) is 60.2 Å². The van der Waals surface area contributed by atoms with E-state index >= 15 is 0 Å². The number of amides is 1. The molecule has 1 heterocycles. The first-order valence-electron chi connectivity index (χ1n) is 7.62. The van der Waals surface area contributed by atoms with Crippen LogP contribution < -0.4 is 10.6 Å². The minimum atomic E-state index is 0. The summed E-state index contributed by atoms with van der Waals surface area (Å²) in [5.74, 6) is 0.276. The maximum absolute atomic E-state index is 12.1. The van der Waals surface area contributed by atoms with Gasteiger partial charge in [0.15, 0.2) is 0 Å². The summed E-state index contributed by atoms with van der Waals surface area (Å²) in [6.45, 7) is 2.33. The molecule has 122 valence electrons. The lowest BCUT2D eigenvalue weighted by Gasteiger charge is -2.12. The summed E-state index contributed by atoms with van der Waals surface area (Å²) in [5.41, 5.74) is 1.16. The van der Waals surface area contributed by atoms with Gasteiger partial charge in [-0.15, -0.1) is 12.4 Å². The Bertz CT molecular complexity index is 630. The highest BCUT2D eigenvalue weighted by atomic mass is 35.5. The SMILES string of the molecule is Cl.O=C(NCc1ccccc1Sc1ccccc1)C1CCNC1. The molecule has 5 heteroatoms. The first kappa shape index (κ1) is 17.9. The fourth-order valence-corrected chi connectivity index (χ4v) is 3.54. The maximum Gasteiger partial charge on any atom is 0.224 e. The van der Waals surface area contributed by atoms with Crippen LogP contribution in [-0.2, 0) is 11.3 Å². The van der Waals surface area contributed by atoms with Crippen LogP contribution in [0, 0.1) is 5.92 Å². The van der Waals surface area contributed by atoms with E-state index in [1.54, 1.807) is 11.8 Å². The zero-order valence-electron chi connectivity index (χ0n) is 12.8. The molecule has 1 saturated heterocycles. The molecular weight excluding hydrogens is 328 g/mol. The van der Waals surface area contributed by atoms with E-state index in [-0.39, 0.29) is 24.2 Å². The molecule has 1 fully saturated rings. The van der Waals surface area contributed by atoms with Crippen molar-refractivity contribution in [1.82, 2.24) is 10.6 Å². The molecule has 1 unspecified atom stereocenters. The fourth-order valence-electron chi connectivity index (χ4n) is 2.57. The molecule has 2 N–H and O–H groups in total. The third kappa shape index (κ3) is 4.99. The summed E-state index contributed by atoms with van der Waals surface area (Å²) >= 11 is 1.73. The van der Waals surface area contributed by atoms with Gasteiger partial charge in [-0.2, -0.15) is 0 Å². The van der Waals surface area contributed by atoms with E-state index in [4.69, 9.17) is 0 Å². The van der Waals surface area contributed by atoms with Crippen molar-refractivity contribution in [3.8, 4) is 0 Å². The van der Waals surface area contributed by atoms with Crippen molar-refractivity contribution in [2.45, 2.75) is 22.8 Å². The lowest BCUT2D eigenvalue weighted by Crippen LogP contribution is -2.31. The maximum atomic E-state index is 12.1. The van der Waals surface area contributed by atoms with E-state index in [0.717, 1.165) is 25.1 Å². The van der Waals surface area contributed by atoms with Gasteiger partial charge in [0.25, 0.3) is 0 Å². The predicted octanol–water partition coefficient (Wildman–Crippen LogP) is 3.49. The van der Waals surface area contributed by atoms with Crippen molar-refractivity contribution in [3.63, 3.8) is 0 Å². The average Bonchev–Trinajstić information content (AvgIpc) is 3.09. The fraction of sp³-hybridized carbons (Fsp3) is 0.278. The van der Waals surface area contributed by atoms with Gasteiger partial charge in [-0.25, -0.2) is 0 Å². The van der Waals surface area contributed by atoms with Crippen LogP contribution in [0.5, 0.6) is 0 Å². The zero-order chi connectivity index (χ0) is 15.2. The lowest BCUT2D eigenvalue weighted by molar-refractivity contribution is -0.124. The predicted molar refractivity (Wildman–Crippen MR) is 97.1 cm³/mol. The number of carbonyl (C=O) groups excluding carboxylic acids is 1. The Hall–Kier alpha value is -1.49. The Morgan fingerprint density at radius 3 is 2.61 bits per heavy atom. The summed E-state index contributed by atoms with van der Waals surface area (Å²) in [6.07, 6.45) is 0.937. The van der Waals surface area contributed by atoms with E-state index in [1.165, 1.54) is 9.79 Å². The zero-order valence-corrected chi connectivity index (χ0v) is 14.5. The van der Waals surface area contributed by atoms with Crippen molar-refractivity contribution in [1.29, 1.82) is 0 Å². The summed E-state index contributed by atoms with van der Waals surface area (Å²) in [4.78, 5) is 14.5. The first-order valence-corrected chi connectivity index (χ1v) is 8.44. The van der Waals surface area contributed by atoms with Gasteiger partial charge >= 0.3 is 0 Å². The molecule has 0 aliphatic carbocycles. The molecule has 23 heavy (non-hydrogen) atoms. The van der Waals surface area contributed by atoms with Crippen LogP contribution in [0.4, 0.5) is 0 Å². The minimum absolute atomic E-state index is 0. The molecule has 1 amide bonds. The number of rotatable bonds is 5. The number of carbonyl (C=O) groups is 1. The monoisotopic (exact) mass is 348 g/mol. The molecule has 3 rings (SSSR count). The first-order chi connectivity index (χ1) is 10.8. The van der Waals surface area contributed by atoms with Gasteiger partial charge in [0, 0.05) is 22.9 Å². The highest BCUT2D eigenvalue weighted by Gasteiger charge is 2.22. The second-order valence-electron chi connectivity index (χ2n) is 5.43. The molecule has 0 radical (unpaired) electrons. The van der Waals surface area contributed by atoms with Gasteiger partial charge in [-0.3, -0.25) is 4.79 Å². The summed E-state index contributed by atoms with van der Waals surface area (Å²) in [5, 5.41) is 6.31. The molecule has 2 aromatic carbocycles. The van der Waals surface area contributed by atoms with E-state index in [0.29, 0.717) is 6.54 Å². The van der Waals surface area contributed by atoms with Crippen LogP contribution in [0.2, 0.25) is 0 Å². The lowest BCUT2D eigenvalue weighted by atomic mass is 10.1. The topological polar surface area (TPSA) is 41.1 Å². The number of hydrogen-bond acceptors (Lipinski definition) is 3. The number of nitrogens with one attached hydrogen (secondary N) is 2. The van der Waals surface area contributed by atoms with Gasteiger partial charge in [0.05, 0.1) is 5.92 Å². The second kappa shape index (κ2) is 8.96. The Labute approximate surface area is 147 Å². The largest absolute Gasteiger partial charge is 0.352 e. The van der Waals surface area contributed by atoms with Crippen molar-refractivity contribution < 1.29 is 4.79 Å². The standard InChI is InChI=1S/C18H20N2OS.ClH/c21-18(15-10-11-19-12-15)20-13-14-6-4-5-9-17(14)22-16-7-2-1-3-8-16;/h1-9,15,19H,10-13H2,(H,20,21);1H. The van der Waals surface area contributed by atoms with Crippen LogP contribution in [-0.4, -0.2) is 19.0 Å². The van der Waals surface area contributed by atoms with E-state index < -0.39 is 0 Å². The van der Waals surface area contributed by atoms with Gasteiger partial charge in [0.2, 0.25) is 5.91 Å². The Kier molecular flexibility index (Phi) is 6.96. The van der Waals surface area contributed by atoms with Crippen molar-refractivity contribution >= 4 is 30.1 Å². The molecule has 0 aromatic heterocycles. The van der Waals surface area contributed by atoms with E-state index in [1.807, 2.05) is 30.3 Å². The van der Waals surface area contributed by atoms with Crippen molar-refractivity contribution in [2.24, 2.45) is 5.92 Å². The summed E-state index contributed by atoms with van der Waals surface area (Å²) in [6, 6.07) is 18.6. The number of hydrogen-bond donors (Lipinski definition) is 2. The molecule has 0 bridgehead atoms. The van der Waals surface area contributed by atoms with Crippen LogP contribution in [0.1, 0.15) is 12.0 Å². The van der Waals surface area contributed by atoms with Crippen LogP contribution in [0.3, 0.4) is 0 Å². The number of benzene rings is 2. The van der Waals surface area contributed by atoms with Gasteiger partial charge < -0.3 is 10.6 Å². The molecule has 1 aliphatic heterocycles. The molecule has 2 aromatic rings. The minimum Gasteiger partial charge on any atom is -0.352 e. The van der Waals surface area contributed by atoms with E-state index in [9.17, 15) is 4.79 Å². The molecule has 3 nitrogen and oxygen atoms in total. The molecule has 1 aliphatic rings. The van der Waals surface area contributed by atoms with Gasteiger partial charge in [-0.05, 0) is 36.7 Å². The molecule has 0 saturated carbocycles. The van der Waals surface area contributed by atoms with Crippen molar-refractivity contribution in [2.75, 3.05) is 13.1 Å². The molecular formula is C18H21ClN2OS. The van der Waals surface area contributed by atoms with Crippen LogP contribution >= 0.6 is 24.2 Å². The smallest absolute Gasteiger partial charge is 0.224 e. The van der Waals surface area contributed by atoms with Gasteiger partial charge in [0.1, 0.15) is 0 Å².